The molecule has 0 radical (unpaired) electrons. The number of benzene rings is 1. The summed E-state index contributed by atoms with van der Waals surface area (Å²) in [5.41, 5.74) is 0.888. The highest BCUT2D eigenvalue weighted by molar-refractivity contribution is 7.91. The van der Waals surface area contributed by atoms with E-state index in [1.165, 1.54) is 6.07 Å². The fourth-order valence-electron chi connectivity index (χ4n) is 2.12. The van der Waals surface area contributed by atoms with Crippen LogP contribution in [-0.2, 0) is 30.9 Å². The second-order valence-corrected chi connectivity index (χ2v) is 8.71. The van der Waals surface area contributed by atoms with Crippen LogP contribution in [0.3, 0.4) is 0 Å². The molecule has 2 aromatic rings. The Balaban J connectivity index is 1.57. The van der Waals surface area contributed by atoms with Crippen LogP contribution >= 0.6 is 11.3 Å². The van der Waals surface area contributed by atoms with Crippen LogP contribution in [0.4, 0.5) is 4.79 Å². The van der Waals surface area contributed by atoms with Crippen LogP contribution in [0.2, 0.25) is 0 Å². The lowest BCUT2D eigenvalue weighted by Gasteiger charge is -2.08. The summed E-state index contributed by atoms with van der Waals surface area (Å²) in [7, 11) is -3.63. The van der Waals surface area contributed by atoms with Crippen molar-refractivity contribution >= 4 is 39.3 Å². The number of thiophene rings is 1. The fraction of sp³-hybridized carbons (Fsp3) is 0.278. The van der Waals surface area contributed by atoms with Crippen molar-refractivity contribution in [2.75, 3.05) is 13.2 Å². The number of carbonyl (C=O) groups is 3. The Bertz CT molecular complexity index is 914. The zero-order valence-electron chi connectivity index (χ0n) is 15.4. The van der Waals surface area contributed by atoms with E-state index in [1.807, 2.05) is 30.3 Å². The topological polar surface area (TPSA) is 131 Å². The van der Waals surface area contributed by atoms with Crippen molar-refractivity contribution in [1.82, 2.24) is 15.4 Å². The van der Waals surface area contributed by atoms with Gasteiger partial charge in [-0.05, 0) is 17.0 Å². The summed E-state index contributed by atoms with van der Waals surface area (Å²) in [6.07, 6.45) is -0.366. The number of urea groups is 1. The van der Waals surface area contributed by atoms with Crippen LogP contribution in [0.15, 0.2) is 52.1 Å². The van der Waals surface area contributed by atoms with Crippen LogP contribution in [-0.4, -0.2) is 39.5 Å². The Labute approximate surface area is 172 Å². The molecule has 0 atom stereocenters. The summed E-state index contributed by atoms with van der Waals surface area (Å²) in [4.78, 5) is 34.9. The van der Waals surface area contributed by atoms with Gasteiger partial charge in [0.25, 0.3) is 0 Å². The first-order valence-electron chi connectivity index (χ1n) is 8.67. The van der Waals surface area contributed by atoms with Crippen molar-refractivity contribution in [2.24, 2.45) is 0 Å². The van der Waals surface area contributed by atoms with Crippen LogP contribution in [0, 0.1) is 0 Å². The molecule has 156 valence electrons. The molecule has 3 N–H and O–H groups in total. The van der Waals surface area contributed by atoms with Crippen LogP contribution in [0.5, 0.6) is 0 Å². The van der Waals surface area contributed by atoms with E-state index in [1.54, 1.807) is 11.4 Å². The van der Waals surface area contributed by atoms with E-state index in [9.17, 15) is 22.8 Å². The smallest absolute Gasteiger partial charge is 0.321 e. The third-order valence-corrected chi connectivity index (χ3v) is 6.38. The van der Waals surface area contributed by atoms with Gasteiger partial charge in [-0.2, -0.15) is 0 Å². The second-order valence-electron chi connectivity index (χ2n) is 5.77. The van der Waals surface area contributed by atoms with Crippen LogP contribution < -0.4 is 15.4 Å². The van der Waals surface area contributed by atoms with E-state index in [0.717, 1.165) is 16.9 Å². The van der Waals surface area contributed by atoms with E-state index in [0.29, 0.717) is 0 Å². The van der Waals surface area contributed by atoms with Crippen molar-refractivity contribution in [2.45, 2.75) is 23.6 Å². The predicted octanol–water partition coefficient (Wildman–Crippen LogP) is 1.38. The summed E-state index contributed by atoms with van der Waals surface area (Å²) >= 11 is 1.07. The summed E-state index contributed by atoms with van der Waals surface area (Å²) < 4.78 is 31.1. The maximum Gasteiger partial charge on any atom is 0.321 e. The number of amides is 3. The SMILES string of the molecule is O=C(CCOC(=O)CCNS(=O)(=O)c1cccs1)NC(=O)NCc1ccccc1. The highest BCUT2D eigenvalue weighted by atomic mass is 32.2. The molecular formula is C18H21N3O6S2. The Morgan fingerprint density at radius 3 is 2.45 bits per heavy atom. The monoisotopic (exact) mass is 439 g/mol. The number of hydrogen-bond acceptors (Lipinski definition) is 7. The summed E-state index contributed by atoms with van der Waals surface area (Å²) in [6.45, 7) is -0.0578. The molecule has 1 heterocycles. The summed E-state index contributed by atoms with van der Waals surface area (Å²) in [5.74, 6) is -1.25. The number of esters is 1. The van der Waals surface area contributed by atoms with Gasteiger partial charge in [-0.1, -0.05) is 36.4 Å². The Morgan fingerprint density at radius 2 is 1.76 bits per heavy atom. The third-order valence-electron chi connectivity index (χ3n) is 3.52. The van der Waals surface area contributed by atoms with Crippen molar-refractivity contribution in [3.63, 3.8) is 0 Å². The summed E-state index contributed by atoms with van der Waals surface area (Å²) in [6, 6.07) is 11.6. The van der Waals surface area contributed by atoms with Gasteiger partial charge in [-0.3, -0.25) is 14.9 Å². The maximum absolute atomic E-state index is 11.9. The van der Waals surface area contributed by atoms with E-state index in [4.69, 9.17) is 4.74 Å². The average Bonchev–Trinajstić information content (AvgIpc) is 3.23. The number of nitrogens with one attached hydrogen (secondary N) is 3. The predicted molar refractivity (Wildman–Crippen MR) is 107 cm³/mol. The number of sulfonamides is 1. The van der Waals surface area contributed by atoms with E-state index in [2.05, 4.69) is 15.4 Å². The molecule has 0 aliphatic rings. The first-order valence-corrected chi connectivity index (χ1v) is 11.0. The normalized spacial score (nSPS) is 10.9. The molecule has 11 heteroatoms. The minimum Gasteiger partial charge on any atom is -0.465 e. The van der Waals surface area contributed by atoms with Gasteiger partial charge >= 0.3 is 12.0 Å². The van der Waals surface area contributed by atoms with Crippen LogP contribution in [0.1, 0.15) is 18.4 Å². The van der Waals surface area contributed by atoms with Gasteiger partial charge in [0.2, 0.25) is 15.9 Å². The zero-order valence-corrected chi connectivity index (χ0v) is 17.1. The van der Waals surface area contributed by atoms with Gasteiger partial charge in [-0.15, -0.1) is 11.3 Å². The Hall–Kier alpha value is -2.76. The molecule has 0 aliphatic carbocycles. The molecule has 9 nitrogen and oxygen atoms in total. The minimum absolute atomic E-state index is 0.118. The molecule has 0 aliphatic heterocycles. The zero-order chi connectivity index (χ0) is 21.1. The van der Waals surface area contributed by atoms with E-state index < -0.39 is 27.9 Å². The number of ether oxygens (including phenoxy) is 1. The van der Waals surface area contributed by atoms with Crippen molar-refractivity contribution in [1.29, 1.82) is 0 Å². The molecule has 0 spiro atoms. The second kappa shape index (κ2) is 11.3. The third kappa shape index (κ3) is 8.42. The number of imide groups is 1. The molecule has 0 saturated heterocycles. The van der Waals surface area contributed by atoms with Gasteiger partial charge in [-0.25, -0.2) is 17.9 Å². The molecule has 2 rings (SSSR count). The molecule has 0 saturated carbocycles. The quantitative estimate of drug-likeness (QED) is 0.480. The Kier molecular flexibility index (Phi) is 8.77. The van der Waals surface area contributed by atoms with Crippen LogP contribution in [0.25, 0.3) is 0 Å². The summed E-state index contributed by atoms with van der Waals surface area (Å²) in [5, 5.41) is 6.31. The van der Waals surface area contributed by atoms with Gasteiger partial charge < -0.3 is 10.1 Å². The number of carbonyl (C=O) groups excluding carboxylic acids is 3. The maximum atomic E-state index is 11.9. The minimum atomic E-state index is -3.63. The first kappa shape index (κ1) is 22.5. The molecule has 3 amide bonds. The first-order chi connectivity index (χ1) is 13.9. The Morgan fingerprint density at radius 1 is 1.00 bits per heavy atom. The molecular weight excluding hydrogens is 418 g/mol. The highest BCUT2D eigenvalue weighted by Crippen LogP contribution is 2.14. The molecule has 0 bridgehead atoms. The lowest BCUT2D eigenvalue weighted by atomic mass is 10.2. The largest absolute Gasteiger partial charge is 0.465 e. The highest BCUT2D eigenvalue weighted by Gasteiger charge is 2.15. The number of rotatable bonds is 10. The molecule has 0 fully saturated rings. The van der Waals surface area contributed by atoms with Crippen molar-refractivity contribution < 1.29 is 27.5 Å². The fourth-order valence-corrected chi connectivity index (χ4v) is 4.19. The lowest BCUT2D eigenvalue weighted by molar-refractivity contribution is -0.144. The molecule has 29 heavy (non-hydrogen) atoms. The average molecular weight is 440 g/mol. The van der Waals surface area contributed by atoms with Gasteiger partial charge in [0.1, 0.15) is 10.8 Å². The van der Waals surface area contributed by atoms with E-state index in [-0.39, 0.29) is 36.7 Å². The van der Waals surface area contributed by atoms with Crippen molar-refractivity contribution in [3.05, 3.63) is 53.4 Å². The number of hydrogen-bond donors (Lipinski definition) is 3. The molecule has 0 unspecified atom stereocenters. The van der Waals surface area contributed by atoms with Gasteiger partial charge in [0.05, 0.1) is 12.8 Å². The van der Waals surface area contributed by atoms with E-state index >= 15 is 0 Å². The van der Waals surface area contributed by atoms with Crippen molar-refractivity contribution in [3.8, 4) is 0 Å². The molecule has 1 aromatic heterocycles. The lowest BCUT2D eigenvalue weighted by Crippen LogP contribution is -2.39. The van der Waals surface area contributed by atoms with Gasteiger partial charge in [0.15, 0.2) is 0 Å². The standard InChI is InChI=1S/C18H21N3O6S2/c22-15(21-18(24)19-13-14-5-2-1-3-6-14)9-11-27-16(23)8-10-20-29(25,26)17-7-4-12-28-17/h1-7,12,20H,8-11,13H2,(H2,19,21,22,24). The van der Waals surface area contributed by atoms with Gasteiger partial charge in [0, 0.05) is 13.1 Å². The molecule has 1 aromatic carbocycles.